The summed E-state index contributed by atoms with van der Waals surface area (Å²) in [6.45, 7) is -0.887. The van der Waals surface area contributed by atoms with E-state index in [9.17, 15) is 21.6 Å². The molecule has 19 heavy (non-hydrogen) atoms. The third-order valence-corrected chi connectivity index (χ3v) is 4.01. The summed E-state index contributed by atoms with van der Waals surface area (Å²) in [4.78, 5) is -0.444. The first kappa shape index (κ1) is 16.2. The number of hydrogen-bond acceptors (Lipinski definition) is 3. The molecule has 1 aromatic carbocycles. The summed E-state index contributed by atoms with van der Waals surface area (Å²) in [5.41, 5.74) is 0.224. The summed E-state index contributed by atoms with van der Waals surface area (Å²) in [7, 11) is -2.62. The number of sulfonamides is 1. The summed E-state index contributed by atoms with van der Waals surface area (Å²) >= 11 is 5.67. The SMILES string of the molecule is CNCc1cc(S(=O)(=O)NCC(F)F)cc(F)c1Cl. The van der Waals surface area contributed by atoms with Gasteiger partial charge in [0.05, 0.1) is 16.5 Å². The minimum atomic E-state index is -4.19. The van der Waals surface area contributed by atoms with Gasteiger partial charge in [-0.05, 0) is 24.7 Å². The fourth-order valence-electron chi connectivity index (χ4n) is 1.35. The molecule has 4 nitrogen and oxygen atoms in total. The van der Waals surface area contributed by atoms with Crippen molar-refractivity contribution in [1.29, 1.82) is 0 Å². The topological polar surface area (TPSA) is 58.2 Å². The molecule has 0 aliphatic heterocycles. The Morgan fingerprint density at radius 2 is 2.00 bits per heavy atom. The lowest BCUT2D eigenvalue weighted by Gasteiger charge is -2.10. The van der Waals surface area contributed by atoms with Gasteiger partial charge in [0.25, 0.3) is 6.43 Å². The lowest BCUT2D eigenvalue weighted by molar-refractivity contribution is 0.153. The molecule has 0 radical (unpaired) electrons. The second-order valence-electron chi connectivity index (χ2n) is 3.65. The Kier molecular flexibility index (Phi) is 5.60. The van der Waals surface area contributed by atoms with Crippen molar-refractivity contribution in [2.75, 3.05) is 13.6 Å². The Bertz CT molecular complexity index is 552. The lowest BCUT2D eigenvalue weighted by atomic mass is 10.2. The van der Waals surface area contributed by atoms with Gasteiger partial charge in [-0.3, -0.25) is 0 Å². The molecule has 1 rings (SSSR count). The molecule has 0 aliphatic carbocycles. The summed E-state index contributed by atoms with van der Waals surface area (Å²) in [6.07, 6.45) is -2.83. The number of hydrogen-bond donors (Lipinski definition) is 2. The van der Waals surface area contributed by atoms with Gasteiger partial charge in [0.15, 0.2) is 0 Å². The molecule has 0 aliphatic rings. The van der Waals surface area contributed by atoms with E-state index >= 15 is 0 Å². The molecule has 0 fully saturated rings. The highest BCUT2D eigenvalue weighted by atomic mass is 35.5. The molecule has 9 heteroatoms. The van der Waals surface area contributed by atoms with Crippen LogP contribution in [0.25, 0.3) is 0 Å². The zero-order chi connectivity index (χ0) is 14.6. The number of halogens is 4. The van der Waals surface area contributed by atoms with Crippen LogP contribution in [0.1, 0.15) is 5.56 Å². The fraction of sp³-hybridized carbons (Fsp3) is 0.400. The predicted molar refractivity (Wildman–Crippen MR) is 65.4 cm³/mol. The fourth-order valence-corrected chi connectivity index (χ4v) is 2.59. The van der Waals surface area contributed by atoms with Crippen molar-refractivity contribution in [1.82, 2.24) is 10.0 Å². The van der Waals surface area contributed by atoms with Gasteiger partial charge in [-0.1, -0.05) is 11.6 Å². The molecular weight excluding hydrogens is 305 g/mol. The van der Waals surface area contributed by atoms with Gasteiger partial charge in [-0.2, -0.15) is 0 Å². The Morgan fingerprint density at radius 1 is 1.37 bits per heavy atom. The normalized spacial score (nSPS) is 12.1. The molecule has 0 unspecified atom stereocenters. The van der Waals surface area contributed by atoms with Gasteiger partial charge < -0.3 is 5.32 Å². The van der Waals surface area contributed by atoms with E-state index in [4.69, 9.17) is 11.6 Å². The number of benzene rings is 1. The first-order chi connectivity index (χ1) is 8.77. The quantitative estimate of drug-likeness (QED) is 0.840. The van der Waals surface area contributed by atoms with Crippen molar-refractivity contribution >= 4 is 21.6 Å². The van der Waals surface area contributed by atoms with Crippen molar-refractivity contribution in [3.63, 3.8) is 0 Å². The highest BCUT2D eigenvalue weighted by Crippen LogP contribution is 2.24. The van der Waals surface area contributed by atoms with Gasteiger partial charge in [-0.15, -0.1) is 0 Å². The van der Waals surface area contributed by atoms with Gasteiger partial charge in [-0.25, -0.2) is 26.3 Å². The molecule has 0 amide bonds. The van der Waals surface area contributed by atoms with Crippen LogP contribution in [0.5, 0.6) is 0 Å². The van der Waals surface area contributed by atoms with E-state index < -0.39 is 33.7 Å². The molecule has 0 aromatic heterocycles. The highest BCUT2D eigenvalue weighted by Gasteiger charge is 2.20. The van der Waals surface area contributed by atoms with E-state index in [1.54, 1.807) is 11.8 Å². The number of rotatable bonds is 6. The molecule has 0 atom stereocenters. The van der Waals surface area contributed by atoms with E-state index in [2.05, 4.69) is 5.32 Å². The second-order valence-corrected chi connectivity index (χ2v) is 5.80. The molecule has 108 valence electrons. The van der Waals surface area contributed by atoms with E-state index in [0.29, 0.717) is 6.07 Å². The van der Waals surface area contributed by atoms with Crippen LogP contribution in [0.2, 0.25) is 5.02 Å². The van der Waals surface area contributed by atoms with E-state index in [1.807, 2.05) is 0 Å². The van der Waals surface area contributed by atoms with Crippen LogP contribution in [0.4, 0.5) is 13.2 Å². The first-order valence-corrected chi connectivity index (χ1v) is 7.04. The van der Waals surface area contributed by atoms with Crippen LogP contribution >= 0.6 is 11.6 Å². The summed E-state index contributed by atoms with van der Waals surface area (Å²) < 4.78 is 62.5. The van der Waals surface area contributed by atoms with Crippen molar-refractivity contribution < 1.29 is 21.6 Å². The van der Waals surface area contributed by atoms with Crippen molar-refractivity contribution in [2.45, 2.75) is 17.9 Å². The maximum Gasteiger partial charge on any atom is 0.251 e. The number of nitrogens with one attached hydrogen (secondary N) is 2. The zero-order valence-corrected chi connectivity index (χ0v) is 11.5. The highest BCUT2D eigenvalue weighted by molar-refractivity contribution is 7.89. The Morgan fingerprint density at radius 3 is 2.53 bits per heavy atom. The molecular formula is C10H12ClF3N2O2S. The molecule has 0 saturated carbocycles. The maximum absolute atomic E-state index is 13.5. The first-order valence-electron chi connectivity index (χ1n) is 5.18. The van der Waals surface area contributed by atoms with Crippen molar-refractivity contribution in [3.8, 4) is 0 Å². The van der Waals surface area contributed by atoms with Gasteiger partial charge in [0, 0.05) is 6.54 Å². The van der Waals surface area contributed by atoms with Crippen molar-refractivity contribution in [2.24, 2.45) is 0 Å². The number of alkyl halides is 2. The third kappa shape index (κ3) is 4.34. The Balaban J connectivity index is 3.13. The van der Waals surface area contributed by atoms with Crippen LogP contribution in [-0.2, 0) is 16.6 Å². The molecule has 0 heterocycles. The minimum Gasteiger partial charge on any atom is -0.316 e. The standard InChI is InChI=1S/C10H12ClF3N2O2S/c1-15-4-6-2-7(3-8(12)10(6)11)19(17,18)16-5-9(13)14/h2-3,9,15-16H,4-5H2,1H3. The largest absolute Gasteiger partial charge is 0.316 e. The van der Waals surface area contributed by atoms with Crippen LogP contribution < -0.4 is 10.0 Å². The van der Waals surface area contributed by atoms with Crippen LogP contribution in [-0.4, -0.2) is 28.4 Å². The molecule has 0 saturated heterocycles. The van der Waals surface area contributed by atoms with Crippen LogP contribution in [0.3, 0.4) is 0 Å². The van der Waals surface area contributed by atoms with E-state index in [0.717, 1.165) is 6.07 Å². The summed E-state index contributed by atoms with van der Waals surface area (Å²) in [5.74, 6) is -0.924. The van der Waals surface area contributed by atoms with Gasteiger partial charge in [0.1, 0.15) is 5.82 Å². The van der Waals surface area contributed by atoms with Gasteiger partial charge in [0.2, 0.25) is 10.0 Å². The molecule has 2 N–H and O–H groups in total. The van der Waals surface area contributed by atoms with Gasteiger partial charge >= 0.3 is 0 Å². The third-order valence-electron chi connectivity index (χ3n) is 2.18. The second kappa shape index (κ2) is 6.56. The van der Waals surface area contributed by atoms with E-state index in [-0.39, 0.29) is 17.1 Å². The summed E-state index contributed by atoms with van der Waals surface area (Å²) in [5, 5.41) is 2.49. The lowest BCUT2D eigenvalue weighted by Crippen LogP contribution is -2.29. The Hall–Kier alpha value is -0.830. The molecule has 1 aromatic rings. The average Bonchev–Trinajstić information content (AvgIpc) is 2.32. The average molecular weight is 317 g/mol. The minimum absolute atomic E-state index is 0.147. The Labute approximate surface area is 114 Å². The van der Waals surface area contributed by atoms with Crippen LogP contribution in [0.15, 0.2) is 17.0 Å². The zero-order valence-electron chi connectivity index (χ0n) is 9.88. The smallest absolute Gasteiger partial charge is 0.251 e. The van der Waals surface area contributed by atoms with E-state index in [1.165, 1.54) is 0 Å². The maximum atomic E-state index is 13.5. The molecule has 0 bridgehead atoms. The van der Waals surface area contributed by atoms with Crippen molar-refractivity contribution in [3.05, 3.63) is 28.5 Å². The monoisotopic (exact) mass is 316 g/mol. The predicted octanol–water partition coefficient (Wildman–Crippen LogP) is 1.74. The molecule has 0 spiro atoms. The van der Waals surface area contributed by atoms with Crippen LogP contribution in [0, 0.1) is 5.82 Å². The summed E-state index contributed by atoms with van der Waals surface area (Å²) in [6, 6.07) is 1.82.